The summed E-state index contributed by atoms with van der Waals surface area (Å²) >= 11 is 5.93. The number of ether oxygens (including phenoxy) is 1. The second kappa shape index (κ2) is 6.58. The Hall–Kier alpha value is -1.72. The Morgan fingerprint density at radius 1 is 1.09 bits per heavy atom. The first kappa shape index (κ1) is 16.6. The molecule has 0 aliphatic carbocycles. The summed E-state index contributed by atoms with van der Waals surface area (Å²) in [4.78, 5) is 0.0287. The predicted octanol–water partition coefficient (Wildman–Crippen LogP) is 4.16. The molecule has 0 aliphatic heterocycles. The quantitative estimate of drug-likeness (QED) is 0.890. The maximum Gasteiger partial charge on any atom is 0.265 e. The summed E-state index contributed by atoms with van der Waals surface area (Å²) in [6.07, 6.45) is 0. The minimum absolute atomic E-state index is 0.0287. The molecule has 6 heteroatoms. The molecule has 4 nitrogen and oxygen atoms in total. The van der Waals surface area contributed by atoms with Gasteiger partial charge in [0.25, 0.3) is 10.0 Å². The molecule has 0 heterocycles. The lowest BCUT2D eigenvalue weighted by Gasteiger charge is -2.13. The first-order valence-corrected chi connectivity index (χ1v) is 8.71. The monoisotopic (exact) mass is 339 g/mol. The third-order valence-corrected chi connectivity index (χ3v) is 4.61. The van der Waals surface area contributed by atoms with Gasteiger partial charge in [-0.1, -0.05) is 17.7 Å². The topological polar surface area (TPSA) is 55.4 Å². The number of benzene rings is 2. The van der Waals surface area contributed by atoms with E-state index in [1.165, 1.54) is 6.07 Å². The second-order valence-electron chi connectivity index (χ2n) is 5.01. The maximum absolute atomic E-state index is 12.6. The van der Waals surface area contributed by atoms with Crippen molar-refractivity contribution in [1.29, 1.82) is 0 Å². The van der Waals surface area contributed by atoms with E-state index in [-0.39, 0.29) is 10.6 Å². The number of sulfonamides is 1. The number of nitrogens with one attached hydrogen (secondary N) is 1. The molecule has 1 N–H and O–H groups in total. The van der Waals surface area contributed by atoms with Crippen molar-refractivity contribution in [1.82, 2.24) is 0 Å². The van der Waals surface area contributed by atoms with E-state index in [0.29, 0.717) is 17.3 Å². The maximum atomic E-state index is 12.6. The van der Waals surface area contributed by atoms with Crippen LogP contribution < -0.4 is 9.46 Å². The summed E-state index contributed by atoms with van der Waals surface area (Å²) in [6, 6.07) is 10.1. The number of halogens is 1. The predicted molar refractivity (Wildman–Crippen MR) is 89.3 cm³/mol. The minimum atomic E-state index is -3.78. The van der Waals surface area contributed by atoms with Crippen LogP contribution in [0, 0.1) is 13.8 Å². The lowest BCUT2D eigenvalue weighted by Crippen LogP contribution is -2.14. The van der Waals surface area contributed by atoms with E-state index in [0.717, 1.165) is 11.1 Å². The third-order valence-electron chi connectivity index (χ3n) is 2.97. The van der Waals surface area contributed by atoms with Crippen LogP contribution in [0.5, 0.6) is 5.75 Å². The molecule has 2 aromatic rings. The van der Waals surface area contributed by atoms with Crippen molar-refractivity contribution >= 4 is 27.3 Å². The number of rotatable bonds is 5. The van der Waals surface area contributed by atoms with E-state index < -0.39 is 10.0 Å². The molecule has 0 fully saturated rings. The smallest absolute Gasteiger partial charge is 0.265 e. The third kappa shape index (κ3) is 3.93. The lowest BCUT2D eigenvalue weighted by atomic mass is 10.1. The molecule has 0 spiro atoms. The second-order valence-corrected chi connectivity index (χ2v) is 7.09. The standard InChI is InChI=1S/C16H18ClNO3S/c1-4-21-15-6-5-13(17)10-16(15)22(19,20)18-14-8-11(2)7-12(3)9-14/h5-10,18H,4H2,1-3H3. The molecule has 0 saturated heterocycles. The Balaban J connectivity index is 2.44. The highest BCUT2D eigenvalue weighted by Crippen LogP contribution is 2.29. The van der Waals surface area contributed by atoms with Crippen LogP contribution in [0.2, 0.25) is 5.02 Å². The van der Waals surface area contributed by atoms with Crippen molar-refractivity contribution in [2.75, 3.05) is 11.3 Å². The summed E-state index contributed by atoms with van der Waals surface area (Å²) in [5, 5.41) is 0.337. The van der Waals surface area contributed by atoms with Gasteiger partial charge in [-0.2, -0.15) is 0 Å². The average molecular weight is 340 g/mol. The molecular weight excluding hydrogens is 322 g/mol. The van der Waals surface area contributed by atoms with Gasteiger partial charge in [0.05, 0.1) is 6.61 Å². The highest BCUT2D eigenvalue weighted by molar-refractivity contribution is 7.92. The molecule has 0 unspecified atom stereocenters. The molecule has 0 aromatic heterocycles. The van der Waals surface area contributed by atoms with Gasteiger partial charge in [0.2, 0.25) is 0 Å². The average Bonchev–Trinajstić information content (AvgIpc) is 2.39. The summed E-state index contributed by atoms with van der Waals surface area (Å²) in [5.41, 5.74) is 2.47. The van der Waals surface area contributed by atoms with Crippen molar-refractivity contribution < 1.29 is 13.2 Å². The first-order valence-electron chi connectivity index (χ1n) is 6.85. The Bertz CT molecular complexity index is 768. The van der Waals surface area contributed by atoms with Crippen LogP contribution in [-0.2, 0) is 10.0 Å². The number of aryl methyl sites for hydroxylation is 2. The molecule has 0 amide bonds. The van der Waals surface area contributed by atoms with Crippen molar-refractivity contribution in [3.63, 3.8) is 0 Å². The Kier molecular flexibility index (Phi) is 4.98. The van der Waals surface area contributed by atoms with Gasteiger partial charge < -0.3 is 4.74 Å². The van der Waals surface area contributed by atoms with E-state index in [1.807, 2.05) is 19.9 Å². The lowest BCUT2D eigenvalue weighted by molar-refractivity contribution is 0.331. The van der Waals surface area contributed by atoms with Crippen molar-refractivity contribution in [2.45, 2.75) is 25.7 Å². The Morgan fingerprint density at radius 2 is 1.73 bits per heavy atom. The fraction of sp³-hybridized carbons (Fsp3) is 0.250. The molecule has 2 aromatic carbocycles. The fourth-order valence-electron chi connectivity index (χ4n) is 2.21. The van der Waals surface area contributed by atoms with E-state index in [9.17, 15) is 8.42 Å². The van der Waals surface area contributed by atoms with Crippen molar-refractivity contribution in [2.24, 2.45) is 0 Å². The largest absolute Gasteiger partial charge is 0.492 e. The van der Waals surface area contributed by atoms with E-state index in [1.54, 1.807) is 31.2 Å². The Morgan fingerprint density at radius 3 is 2.32 bits per heavy atom. The molecular formula is C16H18ClNO3S. The highest BCUT2D eigenvalue weighted by Gasteiger charge is 2.20. The van der Waals surface area contributed by atoms with Gasteiger partial charge in [0.15, 0.2) is 0 Å². The van der Waals surface area contributed by atoms with Gasteiger partial charge in [0.1, 0.15) is 10.6 Å². The molecule has 0 bridgehead atoms. The molecule has 22 heavy (non-hydrogen) atoms. The van der Waals surface area contributed by atoms with Crippen LogP contribution in [0.1, 0.15) is 18.1 Å². The van der Waals surface area contributed by atoms with Gasteiger partial charge in [-0.05, 0) is 62.2 Å². The summed E-state index contributed by atoms with van der Waals surface area (Å²) < 4.78 is 33.2. The fourth-order valence-corrected chi connectivity index (χ4v) is 3.66. The van der Waals surface area contributed by atoms with E-state index >= 15 is 0 Å². The zero-order valence-corrected chi connectivity index (χ0v) is 14.3. The molecule has 2 rings (SSSR count). The van der Waals surface area contributed by atoms with Crippen LogP contribution in [-0.4, -0.2) is 15.0 Å². The molecule has 0 radical (unpaired) electrons. The van der Waals surface area contributed by atoms with Crippen LogP contribution in [0.3, 0.4) is 0 Å². The normalized spacial score (nSPS) is 11.3. The number of hydrogen-bond acceptors (Lipinski definition) is 3. The zero-order valence-electron chi connectivity index (χ0n) is 12.7. The van der Waals surface area contributed by atoms with Crippen molar-refractivity contribution in [3.05, 3.63) is 52.5 Å². The molecule has 0 saturated carbocycles. The van der Waals surface area contributed by atoms with Gasteiger partial charge in [-0.15, -0.1) is 0 Å². The summed E-state index contributed by atoms with van der Waals surface area (Å²) in [5.74, 6) is 0.281. The summed E-state index contributed by atoms with van der Waals surface area (Å²) in [6.45, 7) is 5.99. The molecule has 0 aliphatic rings. The van der Waals surface area contributed by atoms with E-state index in [2.05, 4.69) is 4.72 Å². The number of anilines is 1. The summed E-state index contributed by atoms with van der Waals surface area (Å²) in [7, 11) is -3.78. The van der Waals surface area contributed by atoms with Crippen LogP contribution >= 0.6 is 11.6 Å². The van der Waals surface area contributed by atoms with Gasteiger partial charge in [-0.3, -0.25) is 4.72 Å². The van der Waals surface area contributed by atoms with Gasteiger partial charge in [0, 0.05) is 10.7 Å². The SMILES string of the molecule is CCOc1ccc(Cl)cc1S(=O)(=O)Nc1cc(C)cc(C)c1. The first-order chi connectivity index (χ1) is 10.3. The van der Waals surface area contributed by atoms with E-state index in [4.69, 9.17) is 16.3 Å². The zero-order chi connectivity index (χ0) is 16.3. The molecule has 118 valence electrons. The number of hydrogen-bond donors (Lipinski definition) is 1. The van der Waals surface area contributed by atoms with Gasteiger partial charge >= 0.3 is 0 Å². The molecule has 0 atom stereocenters. The van der Waals surface area contributed by atoms with Crippen LogP contribution in [0.4, 0.5) is 5.69 Å². The Labute approximate surface area is 136 Å². The van der Waals surface area contributed by atoms with Crippen molar-refractivity contribution in [3.8, 4) is 5.75 Å². The minimum Gasteiger partial charge on any atom is -0.492 e. The van der Waals surface area contributed by atoms with Gasteiger partial charge in [-0.25, -0.2) is 8.42 Å². The highest BCUT2D eigenvalue weighted by atomic mass is 35.5. The van der Waals surface area contributed by atoms with Crippen LogP contribution in [0.25, 0.3) is 0 Å². The van der Waals surface area contributed by atoms with Crippen LogP contribution in [0.15, 0.2) is 41.3 Å².